The van der Waals surface area contributed by atoms with Crippen molar-refractivity contribution >= 4 is 17.3 Å². The highest BCUT2D eigenvalue weighted by molar-refractivity contribution is 7.10. The number of nitrogens with zero attached hydrogens (tertiary/aromatic N) is 1. The average molecular weight is 317 g/mol. The molecule has 1 aromatic carbocycles. The van der Waals surface area contributed by atoms with Crippen molar-refractivity contribution in [2.75, 3.05) is 20.2 Å². The highest BCUT2D eigenvalue weighted by Gasteiger charge is 2.02. The van der Waals surface area contributed by atoms with Crippen LogP contribution in [0.2, 0.25) is 0 Å². The molecule has 1 aromatic heterocycles. The first-order chi connectivity index (χ1) is 10.7. The second-order valence-electron chi connectivity index (χ2n) is 4.99. The van der Waals surface area contributed by atoms with E-state index < -0.39 is 0 Å². The second-order valence-corrected chi connectivity index (χ2v) is 5.99. The molecule has 1 heterocycles. The van der Waals surface area contributed by atoms with Gasteiger partial charge < -0.3 is 15.4 Å². The fraction of sp³-hybridized carbons (Fsp3) is 0.353. The van der Waals surface area contributed by atoms with E-state index in [0.29, 0.717) is 13.2 Å². The van der Waals surface area contributed by atoms with Gasteiger partial charge in [-0.2, -0.15) is 0 Å². The quantitative estimate of drug-likeness (QED) is 0.489. The van der Waals surface area contributed by atoms with Gasteiger partial charge in [0.25, 0.3) is 0 Å². The summed E-state index contributed by atoms with van der Waals surface area (Å²) < 4.78 is 5.76. The summed E-state index contributed by atoms with van der Waals surface area (Å²) in [5.74, 6) is 1.72. The van der Waals surface area contributed by atoms with Crippen molar-refractivity contribution in [3.8, 4) is 5.75 Å². The van der Waals surface area contributed by atoms with Gasteiger partial charge in [0, 0.05) is 11.9 Å². The van der Waals surface area contributed by atoms with Gasteiger partial charge in [0.05, 0.1) is 13.1 Å². The third kappa shape index (κ3) is 4.77. The topological polar surface area (TPSA) is 45.7 Å². The van der Waals surface area contributed by atoms with Crippen LogP contribution in [0.5, 0.6) is 5.75 Å². The zero-order chi connectivity index (χ0) is 15.8. The molecule has 0 radical (unpaired) electrons. The molecule has 0 unspecified atom stereocenters. The molecule has 0 aliphatic rings. The van der Waals surface area contributed by atoms with Gasteiger partial charge in [0.1, 0.15) is 12.4 Å². The van der Waals surface area contributed by atoms with Gasteiger partial charge in [-0.25, -0.2) is 0 Å². The minimum absolute atomic E-state index is 0.601. The number of nitrogens with one attached hydrogen (secondary N) is 2. The zero-order valence-corrected chi connectivity index (χ0v) is 14.2. The number of thiophene rings is 1. The second kappa shape index (κ2) is 8.44. The molecule has 0 amide bonds. The van der Waals surface area contributed by atoms with Crippen molar-refractivity contribution < 1.29 is 4.74 Å². The van der Waals surface area contributed by atoms with E-state index in [1.54, 1.807) is 18.4 Å². The Bertz CT molecular complexity index is 622. The minimum Gasteiger partial charge on any atom is -0.491 e. The molecule has 0 spiro atoms. The predicted molar refractivity (Wildman–Crippen MR) is 93.9 cm³/mol. The fourth-order valence-electron chi connectivity index (χ4n) is 2.02. The summed E-state index contributed by atoms with van der Waals surface area (Å²) in [4.78, 5) is 5.56. The molecule has 0 atom stereocenters. The monoisotopic (exact) mass is 317 g/mol. The molecular formula is C17H23N3OS. The Kier molecular flexibility index (Phi) is 6.27. The van der Waals surface area contributed by atoms with Crippen molar-refractivity contribution in [2.45, 2.75) is 20.4 Å². The molecule has 0 saturated carbocycles. The maximum atomic E-state index is 5.76. The van der Waals surface area contributed by atoms with Crippen molar-refractivity contribution in [2.24, 2.45) is 4.99 Å². The van der Waals surface area contributed by atoms with Crippen LogP contribution in [0.1, 0.15) is 16.0 Å². The van der Waals surface area contributed by atoms with Crippen LogP contribution >= 0.6 is 11.3 Å². The maximum absolute atomic E-state index is 5.76. The lowest BCUT2D eigenvalue weighted by Gasteiger charge is -2.13. The summed E-state index contributed by atoms with van der Waals surface area (Å²) in [5.41, 5.74) is 2.47. The van der Waals surface area contributed by atoms with Crippen LogP contribution in [0.15, 0.2) is 40.7 Å². The van der Waals surface area contributed by atoms with Crippen molar-refractivity contribution in [1.82, 2.24) is 10.6 Å². The number of hydrogen-bond acceptors (Lipinski definition) is 3. The number of rotatable bonds is 6. The highest BCUT2D eigenvalue weighted by Crippen LogP contribution is 2.16. The number of hydrogen-bond donors (Lipinski definition) is 2. The molecule has 22 heavy (non-hydrogen) atoms. The predicted octanol–water partition coefficient (Wildman–Crippen LogP) is 3.11. The molecule has 0 fully saturated rings. The van der Waals surface area contributed by atoms with Crippen LogP contribution in [0, 0.1) is 13.8 Å². The fourth-order valence-corrected chi connectivity index (χ4v) is 2.86. The molecule has 2 N–H and O–H groups in total. The van der Waals surface area contributed by atoms with E-state index >= 15 is 0 Å². The summed E-state index contributed by atoms with van der Waals surface area (Å²) in [6.07, 6.45) is 0. The SMILES string of the molecule is CN=C(NCCOc1ccccc1C)NCc1sccc1C. The molecule has 2 rings (SSSR count). The van der Waals surface area contributed by atoms with Crippen LogP contribution in [0.25, 0.3) is 0 Å². The van der Waals surface area contributed by atoms with Gasteiger partial charge in [-0.1, -0.05) is 18.2 Å². The molecule has 5 heteroatoms. The Labute approximate surface area is 136 Å². The zero-order valence-electron chi connectivity index (χ0n) is 13.3. The maximum Gasteiger partial charge on any atom is 0.191 e. The number of aliphatic imine (C=N–C) groups is 1. The third-order valence-corrected chi connectivity index (χ3v) is 4.38. The lowest BCUT2D eigenvalue weighted by Crippen LogP contribution is -2.38. The van der Waals surface area contributed by atoms with E-state index in [1.807, 2.05) is 31.2 Å². The van der Waals surface area contributed by atoms with E-state index in [1.165, 1.54) is 10.4 Å². The molecule has 118 valence electrons. The summed E-state index contributed by atoms with van der Waals surface area (Å²) >= 11 is 1.76. The Morgan fingerprint density at radius 2 is 1.95 bits per heavy atom. The molecular weight excluding hydrogens is 294 g/mol. The number of ether oxygens (including phenoxy) is 1. The lowest BCUT2D eigenvalue weighted by atomic mass is 10.2. The van der Waals surface area contributed by atoms with Crippen LogP contribution < -0.4 is 15.4 Å². The number of para-hydroxylation sites is 1. The van der Waals surface area contributed by atoms with E-state index in [9.17, 15) is 0 Å². The van der Waals surface area contributed by atoms with Crippen LogP contribution in [0.3, 0.4) is 0 Å². The molecule has 2 aromatic rings. The first-order valence-corrected chi connectivity index (χ1v) is 8.24. The van der Waals surface area contributed by atoms with Crippen LogP contribution in [-0.4, -0.2) is 26.2 Å². The number of guanidine groups is 1. The van der Waals surface area contributed by atoms with E-state index in [-0.39, 0.29) is 0 Å². The van der Waals surface area contributed by atoms with Gasteiger partial charge in [-0.05, 0) is 42.5 Å². The summed E-state index contributed by atoms with van der Waals surface area (Å²) in [6, 6.07) is 10.2. The van der Waals surface area contributed by atoms with Gasteiger partial charge in [-0.3, -0.25) is 4.99 Å². The average Bonchev–Trinajstić information content (AvgIpc) is 2.93. The molecule has 0 aliphatic carbocycles. The minimum atomic E-state index is 0.601. The normalized spacial score (nSPS) is 11.3. The molecule has 4 nitrogen and oxygen atoms in total. The summed E-state index contributed by atoms with van der Waals surface area (Å²) in [6.45, 7) is 6.27. The molecule has 0 aliphatic heterocycles. The standard InChI is InChI=1S/C17H23N3OS/c1-13-6-4-5-7-15(13)21-10-9-19-17(18-3)20-12-16-14(2)8-11-22-16/h4-8,11H,9-10,12H2,1-3H3,(H2,18,19,20). The summed E-state index contributed by atoms with van der Waals surface area (Å²) in [5, 5.41) is 8.69. The van der Waals surface area contributed by atoms with Crippen molar-refractivity contribution in [3.05, 3.63) is 51.7 Å². The van der Waals surface area contributed by atoms with Crippen molar-refractivity contribution in [1.29, 1.82) is 0 Å². The van der Waals surface area contributed by atoms with Gasteiger partial charge >= 0.3 is 0 Å². The van der Waals surface area contributed by atoms with Gasteiger partial charge in [0.15, 0.2) is 5.96 Å². The Hall–Kier alpha value is -2.01. The Morgan fingerprint density at radius 1 is 1.14 bits per heavy atom. The highest BCUT2D eigenvalue weighted by atomic mass is 32.1. The lowest BCUT2D eigenvalue weighted by molar-refractivity contribution is 0.320. The van der Waals surface area contributed by atoms with E-state index in [4.69, 9.17) is 4.74 Å². The largest absolute Gasteiger partial charge is 0.491 e. The van der Waals surface area contributed by atoms with E-state index in [2.05, 4.69) is 34.0 Å². The van der Waals surface area contributed by atoms with Crippen LogP contribution in [-0.2, 0) is 6.54 Å². The van der Waals surface area contributed by atoms with Crippen LogP contribution in [0.4, 0.5) is 0 Å². The Morgan fingerprint density at radius 3 is 2.64 bits per heavy atom. The Balaban J connectivity index is 1.71. The molecule has 0 bridgehead atoms. The number of benzene rings is 1. The number of aryl methyl sites for hydroxylation is 2. The first kappa shape index (κ1) is 16.4. The summed E-state index contributed by atoms with van der Waals surface area (Å²) in [7, 11) is 1.78. The first-order valence-electron chi connectivity index (χ1n) is 7.36. The molecule has 0 saturated heterocycles. The van der Waals surface area contributed by atoms with Gasteiger partial charge in [-0.15, -0.1) is 11.3 Å². The van der Waals surface area contributed by atoms with E-state index in [0.717, 1.165) is 23.8 Å². The van der Waals surface area contributed by atoms with Gasteiger partial charge in [0.2, 0.25) is 0 Å². The van der Waals surface area contributed by atoms with Crippen molar-refractivity contribution in [3.63, 3.8) is 0 Å². The third-order valence-electron chi connectivity index (χ3n) is 3.35. The smallest absolute Gasteiger partial charge is 0.191 e.